The van der Waals surface area contributed by atoms with Crippen molar-refractivity contribution in [3.8, 4) is 0 Å². The monoisotopic (exact) mass is 415 g/mol. The molecular weight excluding hydrogens is 395 g/mol. The first kappa shape index (κ1) is 22.7. The number of nitrogens with zero attached hydrogens (tertiary/aromatic N) is 1. The SMILES string of the molecule is CS(=O)(=O)c1ccc(C(=O)NCC(N2CCNCC2)C(F)(F)F)cc1.Cl. The van der Waals surface area contributed by atoms with Gasteiger partial charge in [-0.3, -0.25) is 9.69 Å². The Morgan fingerprint density at radius 2 is 1.77 bits per heavy atom. The van der Waals surface area contributed by atoms with Crippen LogP contribution in [0.15, 0.2) is 29.2 Å². The molecule has 0 aliphatic carbocycles. The summed E-state index contributed by atoms with van der Waals surface area (Å²) in [5.74, 6) is -0.676. The predicted octanol–water partition coefficient (Wildman–Crippen LogP) is 1.08. The fourth-order valence-electron chi connectivity index (χ4n) is 2.59. The molecular formula is C15H21ClF3N3O3S. The zero-order valence-electron chi connectivity index (χ0n) is 14.0. The normalized spacial score (nSPS) is 17.2. The maximum Gasteiger partial charge on any atom is 0.405 e. The summed E-state index contributed by atoms with van der Waals surface area (Å²) < 4.78 is 62.5. The standard InChI is InChI=1S/C15H20F3N3O3S.ClH/c1-25(23,24)12-4-2-11(3-5-12)14(22)20-10-13(15(16,17)18)21-8-6-19-7-9-21;/h2-5,13,19H,6-10H2,1H3,(H,20,22);1H. The van der Waals surface area contributed by atoms with Gasteiger partial charge in [0.05, 0.1) is 4.90 Å². The van der Waals surface area contributed by atoms with Crippen molar-refractivity contribution >= 4 is 28.2 Å². The molecule has 0 saturated carbocycles. The first-order valence-corrected chi connectivity index (χ1v) is 9.58. The van der Waals surface area contributed by atoms with E-state index in [1.807, 2.05) is 0 Å². The molecule has 2 rings (SSSR count). The van der Waals surface area contributed by atoms with E-state index in [1.165, 1.54) is 29.2 Å². The number of carbonyl (C=O) groups is 1. The second-order valence-corrected chi connectivity index (χ2v) is 7.87. The maximum absolute atomic E-state index is 13.3. The Labute approximate surface area is 156 Å². The molecule has 11 heteroatoms. The van der Waals surface area contributed by atoms with E-state index in [1.54, 1.807) is 0 Å². The summed E-state index contributed by atoms with van der Waals surface area (Å²) in [4.78, 5) is 13.4. The molecule has 1 saturated heterocycles. The van der Waals surface area contributed by atoms with Crippen molar-refractivity contribution in [3.05, 3.63) is 29.8 Å². The highest BCUT2D eigenvalue weighted by Crippen LogP contribution is 2.25. The molecule has 1 aromatic rings. The summed E-state index contributed by atoms with van der Waals surface area (Å²) in [5.41, 5.74) is 0.105. The second-order valence-electron chi connectivity index (χ2n) is 5.85. The molecule has 1 fully saturated rings. The summed E-state index contributed by atoms with van der Waals surface area (Å²) in [6, 6.07) is 3.30. The van der Waals surface area contributed by atoms with Gasteiger partial charge in [0, 0.05) is 44.5 Å². The highest BCUT2D eigenvalue weighted by atomic mass is 35.5. The van der Waals surface area contributed by atoms with Crippen molar-refractivity contribution in [2.24, 2.45) is 0 Å². The number of halogens is 4. The number of hydrogen-bond acceptors (Lipinski definition) is 5. The van der Waals surface area contributed by atoms with Gasteiger partial charge in [-0.2, -0.15) is 13.2 Å². The summed E-state index contributed by atoms with van der Waals surface area (Å²) in [5, 5.41) is 5.27. The van der Waals surface area contributed by atoms with Gasteiger partial charge in [-0.25, -0.2) is 8.42 Å². The van der Waals surface area contributed by atoms with Crippen LogP contribution in [0.1, 0.15) is 10.4 Å². The van der Waals surface area contributed by atoms with Crippen LogP contribution in [0.3, 0.4) is 0 Å². The van der Waals surface area contributed by atoms with Crippen LogP contribution in [0, 0.1) is 0 Å². The lowest BCUT2D eigenvalue weighted by atomic mass is 10.1. The molecule has 0 spiro atoms. The number of carbonyl (C=O) groups excluding carboxylic acids is 1. The molecule has 1 heterocycles. The zero-order valence-corrected chi connectivity index (χ0v) is 15.7. The summed E-state index contributed by atoms with van der Waals surface area (Å²) >= 11 is 0. The van der Waals surface area contributed by atoms with Crippen molar-refractivity contribution in [1.29, 1.82) is 0 Å². The Kier molecular flexibility index (Phi) is 7.87. The molecule has 0 radical (unpaired) electrons. The van der Waals surface area contributed by atoms with E-state index in [0.717, 1.165) is 6.26 Å². The quantitative estimate of drug-likeness (QED) is 0.752. The number of piperazine rings is 1. The van der Waals surface area contributed by atoms with E-state index < -0.39 is 34.5 Å². The Morgan fingerprint density at radius 3 is 2.23 bits per heavy atom. The smallest absolute Gasteiger partial charge is 0.350 e. The lowest BCUT2D eigenvalue weighted by molar-refractivity contribution is -0.183. The van der Waals surface area contributed by atoms with Gasteiger partial charge < -0.3 is 10.6 Å². The van der Waals surface area contributed by atoms with Crippen LogP contribution in [0.25, 0.3) is 0 Å². The molecule has 148 valence electrons. The van der Waals surface area contributed by atoms with Crippen LogP contribution in [0.2, 0.25) is 0 Å². The molecule has 1 unspecified atom stereocenters. The summed E-state index contributed by atoms with van der Waals surface area (Å²) in [6.07, 6.45) is -3.42. The van der Waals surface area contributed by atoms with Gasteiger partial charge in [-0.15, -0.1) is 12.4 Å². The van der Waals surface area contributed by atoms with Gasteiger partial charge in [0.15, 0.2) is 9.84 Å². The third kappa shape index (κ3) is 6.11. The number of alkyl halides is 3. The molecule has 0 bridgehead atoms. The van der Waals surface area contributed by atoms with Gasteiger partial charge in [0.1, 0.15) is 6.04 Å². The number of amides is 1. The minimum absolute atomic E-state index is 0. The molecule has 6 nitrogen and oxygen atoms in total. The minimum atomic E-state index is -4.45. The number of nitrogens with one attached hydrogen (secondary N) is 2. The van der Waals surface area contributed by atoms with E-state index in [2.05, 4.69) is 10.6 Å². The zero-order chi connectivity index (χ0) is 18.7. The van der Waals surface area contributed by atoms with Gasteiger partial charge in [-0.1, -0.05) is 0 Å². The Bertz CT molecular complexity index is 705. The first-order valence-electron chi connectivity index (χ1n) is 7.69. The predicted molar refractivity (Wildman–Crippen MR) is 93.4 cm³/mol. The molecule has 1 aliphatic heterocycles. The third-order valence-electron chi connectivity index (χ3n) is 3.97. The number of rotatable bonds is 5. The van der Waals surface area contributed by atoms with Crippen LogP contribution >= 0.6 is 12.4 Å². The molecule has 1 atom stereocenters. The van der Waals surface area contributed by atoms with Crippen LogP contribution in [0.5, 0.6) is 0 Å². The number of hydrogen-bond donors (Lipinski definition) is 2. The highest BCUT2D eigenvalue weighted by Gasteiger charge is 2.43. The molecule has 1 aromatic carbocycles. The Hall–Kier alpha value is -1.36. The lowest BCUT2D eigenvalue weighted by Gasteiger charge is -2.35. The minimum Gasteiger partial charge on any atom is -0.350 e. The van der Waals surface area contributed by atoms with Crippen LogP contribution in [-0.2, 0) is 9.84 Å². The average molecular weight is 416 g/mol. The molecule has 26 heavy (non-hydrogen) atoms. The van der Waals surface area contributed by atoms with Crippen LogP contribution in [0.4, 0.5) is 13.2 Å². The fraction of sp³-hybridized carbons (Fsp3) is 0.533. The summed E-state index contributed by atoms with van der Waals surface area (Å²) in [6.45, 7) is 0.878. The van der Waals surface area contributed by atoms with Crippen molar-refractivity contribution < 1.29 is 26.4 Å². The van der Waals surface area contributed by atoms with E-state index in [0.29, 0.717) is 13.1 Å². The number of sulfone groups is 1. The maximum atomic E-state index is 13.3. The Morgan fingerprint density at radius 1 is 1.23 bits per heavy atom. The van der Waals surface area contributed by atoms with E-state index >= 15 is 0 Å². The average Bonchev–Trinajstić information content (AvgIpc) is 2.54. The molecule has 0 aromatic heterocycles. The van der Waals surface area contributed by atoms with Crippen molar-refractivity contribution in [2.45, 2.75) is 17.1 Å². The van der Waals surface area contributed by atoms with E-state index in [4.69, 9.17) is 0 Å². The first-order chi connectivity index (χ1) is 11.6. The molecule has 1 aliphatic rings. The highest BCUT2D eigenvalue weighted by molar-refractivity contribution is 7.90. The molecule has 2 N–H and O–H groups in total. The van der Waals surface area contributed by atoms with Crippen LogP contribution in [-0.4, -0.2) is 70.4 Å². The van der Waals surface area contributed by atoms with Crippen LogP contribution < -0.4 is 10.6 Å². The van der Waals surface area contributed by atoms with Crippen molar-refractivity contribution in [3.63, 3.8) is 0 Å². The van der Waals surface area contributed by atoms with E-state index in [-0.39, 0.29) is 36.0 Å². The van der Waals surface area contributed by atoms with Gasteiger partial charge in [0.25, 0.3) is 5.91 Å². The summed E-state index contributed by atoms with van der Waals surface area (Å²) in [7, 11) is -3.40. The van der Waals surface area contributed by atoms with Crippen molar-refractivity contribution in [2.75, 3.05) is 39.0 Å². The van der Waals surface area contributed by atoms with Gasteiger partial charge >= 0.3 is 6.18 Å². The third-order valence-corrected chi connectivity index (χ3v) is 5.10. The van der Waals surface area contributed by atoms with Crippen molar-refractivity contribution in [1.82, 2.24) is 15.5 Å². The van der Waals surface area contributed by atoms with Gasteiger partial charge in [-0.05, 0) is 24.3 Å². The topological polar surface area (TPSA) is 78.5 Å². The fourth-order valence-corrected chi connectivity index (χ4v) is 3.22. The second kappa shape index (κ2) is 9.03. The largest absolute Gasteiger partial charge is 0.405 e. The molecule has 1 amide bonds. The number of benzene rings is 1. The lowest BCUT2D eigenvalue weighted by Crippen LogP contribution is -2.57. The van der Waals surface area contributed by atoms with Gasteiger partial charge in [0.2, 0.25) is 0 Å². The van der Waals surface area contributed by atoms with E-state index in [9.17, 15) is 26.4 Å². The Balaban J connectivity index is 0.00000338.